The maximum atomic E-state index is 12.4. The molecule has 3 aromatic carbocycles. The Morgan fingerprint density at radius 1 is 1.09 bits per heavy atom. The van der Waals surface area contributed by atoms with Gasteiger partial charge in [0, 0.05) is 22.2 Å². The van der Waals surface area contributed by atoms with Crippen LogP contribution in [0.3, 0.4) is 0 Å². The lowest BCUT2D eigenvalue weighted by Crippen LogP contribution is -2.22. The van der Waals surface area contributed by atoms with Crippen molar-refractivity contribution in [1.82, 2.24) is 0 Å². The Morgan fingerprint density at radius 3 is 2.60 bits per heavy atom. The van der Waals surface area contributed by atoms with Crippen molar-refractivity contribution in [2.75, 3.05) is 13.2 Å². The molecule has 0 saturated heterocycles. The highest BCUT2D eigenvalue weighted by molar-refractivity contribution is 6.31. The van der Waals surface area contributed by atoms with Gasteiger partial charge in [0.2, 0.25) is 5.88 Å². The van der Waals surface area contributed by atoms with Crippen molar-refractivity contribution in [1.29, 1.82) is 5.26 Å². The second kappa shape index (κ2) is 10.4. The van der Waals surface area contributed by atoms with E-state index in [0.29, 0.717) is 34.4 Å². The van der Waals surface area contributed by atoms with Gasteiger partial charge >= 0.3 is 5.97 Å². The first-order valence-electron chi connectivity index (χ1n) is 10.9. The average Bonchev–Trinajstić information content (AvgIpc) is 2.84. The Balaban J connectivity index is 1.56. The summed E-state index contributed by atoms with van der Waals surface area (Å²) in [6.07, 6.45) is 0. The Bertz CT molecular complexity index is 1350. The fraction of sp³-hybridized carbons (Fsp3) is 0.185. The summed E-state index contributed by atoms with van der Waals surface area (Å²) in [7, 11) is 0. The van der Waals surface area contributed by atoms with Crippen molar-refractivity contribution in [3.8, 4) is 29.1 Å². The highest BCUT2D eigenvalue weighted by atomic mass is 35.5. The summed E-state index contributed by atoms with van der Waals surface area (Å²) in [4.78, 5) is 12.4. The van der Waals surface area contributed by atoms with Gasteiger partial charge in [-0.3, -0.25) is 0 Å². The van der Waals surface area contributed by atoms with Crippen molar-refractivity contribution in [2.24, 2.45) is 5.73 Å². The van der Waals surface area contributed by atoms with E-state index >= 15 is 0 Å². The van der Waals surface area contributed by atoms with Crippen molar-refractivity contribution in [2.45, 2.75) is 19.8 Å². The molecule has 0 aliphatic carbocycles. The van der Waals surface area contributed by atoms with Crippen LogP contribution in [0.1, 0.15) is 29.5 Å². The zero-order chi connectivity index (χ0) is 24.9. The van der Waals surface area contributed by atoms with E-state index in [1.54, 1.807) is 36.4 Å². The van der Waals surface area contributed by atoms with Gasteiger partial charge in [-0.15, -0.1) is 0 Å². The number of fused-ring (bicyclic) bond motifs is 1. The highest BCUT2D eigenvalue weighted by Crippen LogP contribution is 2.45. The third kappa shape index (κ3) is 5.18. The van der Waals surface area contributed by atoms with Gasteiger partial charge in [-0.2, -0.15) is 5.26 Å². The number of halogens is 1. The number of carbonyl (C=O) groups is 1. The number of carbonyl (C=O) groups excluding carboxylic acids is 1. The second-order valence-corrected chi connectivity index (χ2v) is 8.18. The van der Waals surface area contributed by atoms with Gasteiger partial charge in [0.25, 0.3) is 0 Å². The van der Waals surface area contributed by atoms with Crippen molar-refractivity contribution >= 4 is 17.6 Å². The number of nitrogens with two attached hydrogens (primary N) is 1. The van der Waals surface area contributed by atoms with Gasteiger partial charge in [-0.05, 0) is 49.7 Å². The van der Waals surface area contributed by atoms with Crippen LogP contribution in [0.25, 0.3) is 0 Å². The first-order chi connectivity index (χ1) is 16.9. The van der Waals surface area contributed by atoms with E-state index in [9.17, 15) is 10.1 Å². The molecule has 35 heavy (non-hydrogen) atoms. The van der Waals surface area contributed by atoms with Crippen LogP contribution in [0.15, 0.2) is 72.1 Å². The standard InChI is InChI=1S/C27H23ClN2O5/c1-3-32-23-7-5-4-6-19(23)26-20-10-8-18(13-24(20)35-27(30)21(26)14-29)34-25(31)15-33-17-9-11-22(28)16(2)12-17/h4-13,26H,3,15,30H2,1-2H3. The van der Waals surface area contributed by atoms with Crippen molar-refractivity contribution in [3.05, 3.63) is 93.8 Å². The lowest BCUT2D eigenvalue weighted by molar-refractivity contribution is -0.136. The Hall–Kier alpha value is -4.15. The van der Waals surface area contributed by atoms with Crippen LogP contribution in [-0.2, 0) is 4.79 Å². The van der Waals surface area contributed by atoms with E-state index in [1.165, 1.54) is 0 Å². The topological polar surface area (TPSA) is 104 Å². The third-order valence-corrected chi connectivity index (χ3v) is 5.86. The maximum absolute atomic E-state index is 12.4. The molecule has 0 aromatic heterocycles. The van der Waals surface area contributed by atoms with Gasteiger partial charge in [-0.1, -0.05) is 35.9 Å². The summed E-state index contributed by atoms with van der Waals surface area (Å²) in [5.41, 5.74) is 8.71. The zero-order valence-electron chi connectivity index (χ0n) is 19.2. The molecule has 3 aromatic rings. The molecule has 1 heterocycles. The van der Waals surface area contributed by atoms with Crippen molar-refractivity contribution < 1.29 is 23.7 Å². The maximum Gasteiger partial charge on any atom is 0.349 e. The van der Waals surface area contributed by atoms with Crippen LogP contribution in [0.4, 0.5) is 0 Å². The van der Waals surface area contributed by atoms with E-state index in [1.807, 2.05) is 38.1 Å². The molecule has 0 spiro atoms. The Labute approximate surface area is 208 Å². The molecule has 1 aliphatic rings. The number of rotatable bonds is 7. The lowest BCUT2D eigenvalue weighted by atomic mass is 9.83. The molecular weight excluding hydrogens is 468 g/mol. The smallest absolute Gasteiger partial charge is 0.349 e. The molecule has 0 bridgehead atoms. The summed E-state index contributed by atoms with van der Waals surface area (Å²) < 4.78 is 22.4. The third-order valence-electron chi connectivity index (χ3n) is 5.44. The SMILES string of the molecule is CCOc1ccccc1C1C(C#N)=C(N)Oc2cc(OC(=O)COc3ccc(Cl)c(C)c3)ccc21. The minimum atomic E-state index is -0.590. The molecule has 1 unspecified atom stereocenters. The van der Waals surface area contributed by atoms with E-state index in [2.05, 4.69) is 6.07 Å². The monoisotopic (exact) mass is 490 g/mol. The lowest BCUT2D eigenvalue weighted by Gasteiger charge is -2.27. The first kappa shape index (κ1) is 24.0. The van der Waals surface area contributed by atoms with Crippen LogP contribution in [0.2, 0.25) is 5.02 Å². The quantitative estimate of drug-likeness (QED) is 0.356. The number of allylic oxidation sites excluding steroid dienone is 1. The summed E-state index contributed by atoms with van der Waals surface area (Å²) in [6.45, 7) is 3.92. The zero-order valence-corrected chi connectivity index (χ0v) is 20.0. The summed E-state index contributed by atoms with van der Waals surface area (Å²) in [6, 6.07) is 19.7. The number of aryl methyl sites for hydroxylation is 1. The number of benzene rings is 3. The molecule has 4 rings (SSSR count). The number of nitriles is 1. The largest absolute Gasteiger partial charge is 0.494 e. The molecule has 1 aliphatic heterocycles. The molecule has 0 amide bonds. The molecule has 178 valence electrons. The van der Waals surface area contributed by atoms with Gasteiger partial charge in [-0.25, -0.2) is 4.79 Å². The van der Waals surface area contributed by atoms with Crippen LogP contribution in [-0.4, -0.2) is 19.2 Å². The Kier molecular flexibility index (Phi) is 7.14. The molecule has 7 nitrogen and oxygen atoms in total. The van der Waals surface area contributed by atoms with E-state index in [-0.39, 0.29) is 23.8 Å². The second-order valence-electron chi connectivity index (χ2n) is 7.77. The summed E-state index contributed by atoms with van der Waals surface area (Å²) in [5.74, 6) is 0.711. The number of para-hydroxylation sites is 1. The van der Waals surface area contributed by atoms with Gasteiger partial charge in [0.05, 0.1) is 12.5 Å². The number of hydrogen-bond acceptors (Lipinski definition) is 7. The van der Waals surface area contributed by atoms with E-state index in [0.717, 1.165) is 11.1 Å². The van der Waals surface area contributed by atoms with Crippen LogP contribution in [0, 0.1) is 18.3 Å². The number of hydrogen-bond donors (Lipinski definition) is 1. The minimum absolute atomic E-state index is 0.0128. The summed E-state index contributed by atoms with van der Waals surface area (Å²) >= 11 is 6.01. The summed E-state index contributed by atoms with van der Waals surface area (Å²) in [5, 5.41) is 10.4. The molecule has 1 atom stereocenters. The highest BCUT2D eigenvalue weighted by Gasteiger charge is 2.32. The molecule has 0 saturated carbocycles. The van der Waals surface area contributed by atoms with Crippen LogP contribution < -0.4 is 24.7 Å². The number of nitrogens with zero attached hydrogens (tertiary/aromatic N) is 1. The normalized spacial score (nSPS) is 14.4. The van der Waals surface area contributed by atoms with E-state index in [4.69, 9.17) is 36.3 Å². The van der Waals surface area contributed by atoms with E-state index < -0.39 is 11.9 Å². The molecular formula is C27H23ClN2O5. The predicted molar refractivity (Wildman–Crippen MR) is 131 cm³/mol. The molecule has 0 radical (unpaired) electrons. The predicted octanol–water partition coefficient (Wildman–Crippen LogP) is 5.25. The van der Waals surface area contributed by atoms with Gasteiger partial charge in [0.1, 0.15) is 34.6 Å². The van der Waals surface area contributed by atoms with Crippen LogP contribution >= 0.6 is 11.6 Å². The number of ether oxygens (including phenoxy) is 4. The van der Waals surface area contributed by atoms with Gasteiger partial charge in [0.15, 0.2) is 6.61 Å². The van der Waals surface area contributed by atoms with Crippen molar-refractivity contribution in [3.63, 3.8) is 0 Å². The Morgan fingerprint density at radius 2 is 1.86 bits per heavy atom. The van der Waals surface area contributed by atoms with Gasteiger partial charge < -0.3 is 24.7 Å². The molecule has 8 heteroatoms. The molecule has 2 N–H and O–H groups in total. The molecule has 0 fully saturated rings. The average molecular weight is 491 g/mol. The number of esters is 1. The van der Waals surface area contributed by atoms with Crippen LogP contribution in [0.5, 0.6) is 23.0 Å². The minimum Gasteiger partial charge on any atom is -0.494 e. The first-order valence-corrected chi connectivity index (χ1v) is 11.3. The fourth-order valence-electron chi connectivity index (χ4n) is 3.84. The fourth-order valence-corrected chi connectivity index (χ4v) is 3.95.